The van der Waals surface area contributed by atoms with Crippen LogP contribution in [0, 0.1) is 19.7 Å². The van der Waals surface area contributed by atoms with Gasteiger partial charge in [0.25, 0.3) is 0 Å². The van der Waals surface area contributed by atoms with E-state index >= 15 is 0 Å². The van der Waals surface area contributed by atoms with E-state index in [1.807, 2.05) is 38.1 Å². The van der Waals surface area contributed by atoms with Gasteiger partial charge in [-0.2, -0.15) is 0 Å². The number of hydrogen-bond donors (Lipinski definition) is 1. The molecule has 20 heavy (non-hydrogen) atoms. The summed E-state index contributed by atoms with van der Waals surface area (Å²) >= 11 is 1.45. The van der Waals surface area contributed by atoms with Gasteiger partial charge in [-0.3, -0.25) is 4.79 Å². The van der Waals surface area contributed by atoms with Gasteiger partial charge in [0, 0.05) is 4.90 Å². The standard InChI is InChI=1S/C16H16FNOS/c1-11-7-8-14(13(17)9-11)18-16(19)10-20-15-6-4-3-5-12(15)2/h3-9H,10H2,1-2H3,(H,18,19). The Balaban J connectivity index is 1.94. The molecule has 0 aromatic heterocycles. The van der Waals surface area contributed by atoms with Crippen molar-refractivity contribution < 1.29 is 9.18 Å². The second-order valence-corrected chi connectivity index (χ2v) is 5.60. The van der Waals surface area contributed by atoms with Gasteiger partial charge < -0.3 is 5.32 Å². The van der Waals surface area contributed by atoms with Crippen LogP contribution in [-0.2, 0) is 4.79 Å². The van der Waals surface area contributed by atoms with Gasteiger partial charge in [-0.1, -0.05) is 24.3 Å². The number of nitrogens with one attached hydrogen (secondary N) is 1. The monoisotopic (exact) mass is 289 g/mol. The molecule has 2 aromatic rings. The average Bonchev–Trinajstić information content (AvgIpc) is 2.41. The van der Waals surface area contributed by atoms with Gasteiger partial charge in [0.15, 0.2) is 0 Å². The molecular weight excluding hydrogens is 273 g/mol. The Morgan fingerprint density at radius 1 is 1.20 bits per heavy atom. The van der Waals surface area contributed by atoms with E-state index in [0.717, 1.165) is 16.0 Å². The third-order valence-corrected chi connectivity index (χ3v) is 4.03. The number of thioether (sulfide) groups is 1. The lowest BCUT2D eigenvalue weighted by Crippen LogP contribution is -2.15. The molecule has 0 aliphatic rings. The molecule has 0 fully saturated rings. The highest BCUT2D eigenvalue weighted by molar-refractivity contribution is 8.00. The lowest BCUT2D eigenvalue weighted by molar-refractivity contribution is -0.113. The molecule has 2 nitrogen and oxygen atoms in total. The molecule has 0 atom stereocenters. The van der Waals surface area contributed by atoms with Crippen molar-refractivity contribution >= 4 is 23.4 Å². The first kappa shape index (κ1) is 14.6. The van der Waals surface area contributed by atoms with Crippen LogP contribution in [0.4, 0.5) is 10.1 Å². The summed E-state index contributed by atoms with van der Waals surface area (Å²) in [5.74, 6) is -0.349. The second kappa shape index (κ2) is 6.57. The van der Waals surface area contributed by atoms with Crippen molar-refractivity contribution in [1.82, 2.24) is 0 Å². The Morgan fingerprint density at radius 2 is 1.95 bits per heavy atom. The van der Waals surface area contributed by atoms with Gasteiger partial charge in [0.1, 0.15) is 5.82 Å². The third kappa shape index (κ3) is 3.84. The van der Waals surface area contributed by atoms with Crippen LogP contribution in [0.3, 0.4) is 0 Å². The summed E-state index contributed by atoms with van der Waals surface area (Å²) in [5, 5.41) is 2.59. The first-order valence-electron chi connectivity index (χ1n) is 6.30. The van der Waals surface area contributed by atoms with Crippen LogP contribution in [0.5, 0.6) is 0 Å². The number of rotatable bonds is 4. The minimum absolute atomic E-state index is 0.207. The summed E-state index contributed by atoms with van der Waals surface area (Å²) in [6, 6.07) is 12.6. The number of halogens is 1. The van der Waals surface area contributed by atoms with E-state index < -0.39 is 5.82 Å². The highest BCUT2D eigenvalue weighted by Crippen LogP contribution is 2.22. The van der Waals surface area contributed by atoms with Crippen molar-refractivity contribution in [2.45, 2.75) is 18.7 Å². The number of carbonyl (C=O) groups is 1. The maximum atomic E-state index is 13.6. The fraction of sp³-hybridized carbons (Fsp3) is 0.188. The molecule has 0 radical (unpaired) electrons. The van der Waals surface area contributed by atoms with E-state index in [4.69, 9.17) is 0 Å². The van der Waals surface area contributed by atoms with E-state index in [-0.39, 0.29) is 17.3 Å². The summed E-state index contributed by atoms with van der Waals surface area (Å²) in [4.78, 5) is 12.9. The van der Waals surface area contributed by atoms with E-state index in [1.165, 1.54) is 17.8 Å². The molecule has 0 unspecified atom stereocenters. The SMILES string of the molecule is Cc1ccc(NC(=O)CSc2ccccc2C)c(F)c1. The Kier molecular flexibility index (Phi) is 4.79. The molecular formula is C16H16FNOS. The van der Waals surface area contributed by atoms with Gasteiger partial charge in [-0.25, -0.2) is 4.39 Å². The first-order chi connectivity index (χ1) is 9.56. The topological polar surface area (TPSA) is 29.1 Å². The van der Waals surface area contributed by atoms with Gasteiger partial charge in [-0.15, -0.1) is 11.8 Å². The molecule has 0 bridgehead atoms. The molecule has 0 saturated heterocycles. The van der Waals surface area contributed by atoms with E-state index in [2.05, 4.69) is 5.32 Å². The maximum Gasteiger partial charge on any atom is 0.234 e. The Bertz CT molecular complexity index is 628. The van der Waals surface area contributed by atoms with Crippen LogP contribution in [0.15, 0.2) is 47.4 Å². The molecule has 4 heteroatoms. The molecule has 1 N–H and O–H groups in total. The van der Waals surface area contributed by atoms with Gasteiger partial charge >= 0.3 is 0 Å². The molecule has 104 valence electrons. The minimum Gasteiger partial charge on any atom is -0.323 e. The lowest BCUT2D eigenvalue weighted by atomic mass is 10.2. The van der Waals surface area contributed by atoms with Gasteiger partial charge in [0.2, 0.25) is 5.91 Å². The number of hydrogen-bond acceptors (Lipinski definition) is 2. The predicted octanol–water partition coefficient (Wildman–Crippen LogP) is 4.17. The van der Waals surface area contributed by atoms with Crippen LogP contribution >= 0.6 is 11.8 Å². The lowest BCUT2D eigenvalue weighted by Gasteiger charge is -2.08. The molecule has 2 aromatic carbocycles. The zero-order chi connectivity index (χ0) is 14.5. The largest absolute Gasteiger partial charge is 0.323 e. The maximum absolute atomic E-state index is 13.6. The normalized spacial score (nSPS) is 10.3. The van der Waals surface area contributed by atoms with Crippen molar-refractivity contribution in [3.8, 4) is 0 Å². The number of benzene rings is 2. The van der Waals surface area contributed by atoms with E-state index in [9.17, 15) is 9.18 Å². The van der Waals surface area contributed by atoms with Crippen molar-refractivity contribution in [3.63, 3.8) is 0 Å². The first-order valence-corrected chi connectivity index (χ1v) is 7.29. The van der Waals surface area contributed by atoms with Crippen LogP contribution in [0.25, 0.3) is 0 Å². The Morgan fingerprint density at radius 3 is 2.65 bits per heavy atom. The number of amides is 1. The Hall–Kier alpha value is -1.81. The summed E-state index contributed by atoms with van der Waals surface area (Å²) in [6.45, 7) is 3.81. The summed E-state index contributed by atoms with van der Waals surface area (Å²) in [6.07, 6.45) is 0. The molecule has 1 amide bonds. The summed E-state index contributed by atoms with van der Waals surface area (Å²) in [7, 11) is 0. The number of aryl methyl sites for hydroxylation is 2. The molecule has 2 rings (SSSR count). The minimum atomic E-state index is -0.403. The van der Waals surface area contributed by atoms with E-state index in [1.54, 1.807) is 12.1 Å². The van der Waals surface area contributed by atoms with Crippen molar-refractivity contribution in [2.24, 2.45) is 0 Å². The van der Waals surface area contributed by atoms with Crippen molar-refractivity contribution in [1.29, 1.82) is 0 Å². The van der Waals surface area contributed by atoms with Crippen molar-refractivity contribution in [2.75, 3.05) is 11.1 Å². The zero-order valence-corrected chi connectivity index (χ0v) is 12.3. The van der Waals surface area contributed by atoms with E-state index in [0.29, 0.717) is 0 Å². The van der Waals surface area contributed by atoms with Gasteiger partial charge in [0.05, 0.1) is 11.4 Å². The summed E-state index contributed by atoms with van der Waals surface area (Å²) in [5.41, 5.74) is 2.19. The highest BCUT2D eigenvalue weighted by atomic mass is 32.2. The quantitative estimate of drug-likeness (QED) is 0.856. The van der Waals surface area contributed by atoms with Crippen LogP contribution in [0.2, 0.25) is 0 Å². The second-order valence-electron chi connectivity index (χ2n) is 4.59. The average molecular weight is 289 g/mol. The number of carbonyl (C=O) groups excluding carboxylic acids is 1. The molecule has 0 spiro atoms. The fourth-order valence-corrected chi connectivity index (χ4v) is 2.60. The van der Waals surface area contributed by atoms with Crippen LogP contribution in [0.1, 0.15) is 11.1 Å². The highest BCUT2D eigenvalue weighted by Gasteiger charge is 2.08. The molecule has 0 aliphatic heterocycles. The van der Waals surface area contributed by atoms with Gasteiger partial charge in [-0.05, 0) is 43.2 Å². The molecule has 0 aliphatic carbocycles. The smallest absolute Gasteiger partial charge is 0.234 e. The molecule has 0 saturated carbocycles. The van der Waals surface area contributed by atoms with Crippen LogP contribution < -0.4 is 5.32 Å². The van der Waals surface area contributed by atoms with Crippen LogP contribution in [-0.4, -0.2) is 11.7 Å². The predicted molar refractivity (Wildman–Crippen MR) is 81.7 cm³/mol. The fourth-order valence-electron chi connectivity index (χ4n) is 1.77. The third-order valence-electron chi connectivity index (χ3n) is 2.85. The Labute approximate surface area is 122 Å². The molecule has 0 heterocycles. The number of anilines is 1. The van der Waals surface area contributed by atoms with Crippen molar-refractivity contribution in [3.05, 3.63) is 59.4 Å². The zero-order valence-electron chi connectivity index (χ0n) is 11.4. The summed E-state index contributed by atoms with van der Waals surface area (Å²) < 4.78 is 13.6.